The summed E-state index contributed by atoms with van der Waals surface area (Å²) >= 11 is 0. The number of benzene rings is 1. The van der Waals surface area contributed by atoms with E-state index in [2.05, 4.69) is 50.3 Å². The van der Waals surface area contributed by atoms with Crippen LogP contribution < -0.4 is 5.73 Å². The van der Waals surface area contributed by atoms with E-state index in [4.69, 9.17) is 11.0 Å². The first-order chi connectivity index (χ1) is 17.3. The van der Waals surface area contributed by atoms with Gasteiger partial charge in [-0.05, 0) is 50.7 Å². The van der Waals surface area contributed by atoms with Crippen molar-refractivity contribution in [1.82, 2.24) is 14.7 Å². The Bertz CT molecular complexity index is 652. The molecule has 0 aromatic heterocycles. The van der Waals surface area contributed by atoms with Crippen LogP contribution in [0, 0.1) is 17.1 Å². The van der Waals surface area contributed by atoms with Crippen LogP contribution in [0.25, 0.3) is 0 Å². The van der Waals surface area contributed by atoms with E-state index in [1.807, 2.05) is 37.8 Å². The molecule has 3 rings (SSSR count). The Hall–Kier alpha value is -1.94. The summed E-state index contributed by atoms with van der Waals surface area (Å²) in [6.07, 6.45) is 9.70. The van der Waals surface area contributed by atoms with Gasteiger partial charge in [0.25, 0.3) is 0 Å². The first-order valence-corrected chi connectivity index (χ1v) is 14.0. The molecule has 1 heterocycles. The van der Waals surface area contributed by atoms with Gasteiger partial charge < -0.3 is 15.5 Å². The average Bonchev–Trinajstić information content (AvgIpc) is 3.68. The fraction of sp³-hybridized carbons (Fsp3) is 0.700. The molecule has 1 saturated heterocycles. The van der Waals surface area contributed by atoms with Gasteiger partial charge in [0, 0.05) is 44.8 Å². The van der Waals surface area contributed by atoms with Crippen LogP contribution in [0.15, 0.2) is 37.0 Å². The van der Waals surface area contributed by atoms with E-state index in [0.717, 1.165) is 39.1 Å². The molecule has 5 nitrogen and oxygen atoms in total. The SMILES string of the molecule is C1CC1.C=CN(CC#N)CCC.CC.CC(N)CN(C)C1CCN(Cc2ccc(F)cc2)C1.CCC. The maximum absolute atomic E-state index is 12.9. The molecule has 0 bridgehead atoms. The Balaban J connectivity index is 0. The van der Waals surface area contributed by atoms with Crippen molar-refractivity contribution >= 4 is 0 Å². The molecule has 1 aliphatic heterocycles. The van der Waals surface area contributed by atoms with Gasteiger partial charge in [0.05, 0.1) is 6.07 Å². The van der Waals surface area contributed by atoms with Crippen LogP contribution in [-0.2, 0) is 6.54 Å². The normalized spacial score (nSPS) is 16.3. The van der Waals surface area contributed by atoms with Crippen molar-refractivity contribution in [2.24, 2.45) is 5.73 Å². The van der Waals surface area contributed by atoms with Crippen molar-refractivity contribution < 1.29 is 4.39 Å². The summed E-state index contributed by atoms with van der Waals surface area (Å²) in [5.41, 5.74) is 7.02. The standard InChI is InChI=1S/C15H24FN3.C7H12N2.C3H6.C3H8.C2H6/c1-12(17)9-18(2)15-7-8-19(11-15)10-13-3-5-14(16)6-4-13;1-3-6-9(4-2)7-5-8;1-2-3-1;1-3-2;1-2/h3-6,12,15H,7-11,17H2,1-2H3;4H,2-3,6-7H2,1H3;1-3H2;3H2,1-2H3;1-2H3. The predicted octanol–water partition coefficient (Wildman–Crippen LogP) is 6.66. The van der Waals surface area contributed by atoms with Gasteiger partial charge >= 0.3 is 0 Å². The van der Waals surface area contributed by atoms with Crippen LogP contribution in [0.2, 0.25) is 0 Å². The van der Waals surface area contributed by atoms with Crippen LogP contribution in [0.5, 0.6) is 0 Å². The lowest BCUT2D eigenvalue weighted by Crippen LogP contribution is -2.41. The van der Waals surface area contributed by atoms with E-state index in [1.54, 1.807) is 6.20 Å². The molecular formula is C30H56FN5. The second-order valence-corrected chi connectivity index (χ2v) is 9.30. The largest absolute Gasteiger partial charge is 0.365 e. The Morgan fingerprint density at radius 3 is 2.17 bits per heavy atom. The zero-order chi connectivity index (χ0) is 27.8. The van der Waals surface area contributed by atoms with Gasteiger partial charge in [0.1, 0.15) is 12.4 Å². The van der Waals surface area contributed by atoms with Crippen LogP contribution in [0.3, 0.4) is 0 Å². The number of nitrogens with zero attached hydrogens (tertiary/aromatic N) is 4. The molecule has 2 N–H and O–H groups in total. The summed E-state index contributed by atoms with van der Waals surface area (Å²) in [6, 6.07) is 9.67. The zero-order valence-corrected chi connectivity index (χ0v) is 24.5. The molecule has 1 aliphatic carbocycles. The summed E-state index contributed by atoms with van der Waals surface area (Å²) < 4.78 is 12.9. The summed E-state index contributed by atoms with van der Waals surface area (Å²) in [4.78, 5) is 6.67. The fourth-order valence-electron chi connectivity index (χ4n) is 3.38. The molecule has 6 heteroatoms. The van der Waals surface area contributed by atoms with E-state index in [9.17, 15) is 4.39 Å². The number of halogens is 1. The molecule has 208 valence electrons. The highest BCUT2D eigenvalue weighted by Gasteiger charge is 2.25. The van der Waals surface area contributed by atoms with Gasteiger partial charge in [-0.3, -0.25) is 4.90 Å². The zero-order valence-electron chi connectivity index (χ0n) is 24.5. The Morgan fingerprint density at radius 2 is 1.75 bits per heavy atom. The molecule has 0 spiro atoms. The van der Waals surface area contributed by atoms with Gasteiger partial charge in [-0.2, -0.15) is 5.26 Å². The fourth-order valence-corrected chi connectivity index (χ4v) is 3.38. The molecule has 2 fully saturated rings. The number of hydrogen-bond donors (Lipinski definition) is 1. The van der Waals surface area contributed by atoms with E-state index in [0.29, 0.717) is 12.6 Å². The third-order valence-electron chi connectivity index (χ3n) is 5.16. The summed E-state index contributed by atoms with van der Waals surface area (Å²) in [5.74, 6) is -0.167. The number of likely N-dealkylation sites (N-methyl/N-ethyl adjacent to an activating group) is 1. The van der Waals surface area contributed by atoms with Crippen molar-refractivity contribution in [3.8, 4) is 6.07 Å². The predicted molar refractivity (Wildman–Crippen MR) is 155 cm³/mol. The minimum absolute atomic E-state index is 0.167. The third-order valence-corrected chi connectivity index (χ3v) is 5.16. The Morgan fingerprint density at radius 1 is 1.19 bits per heavy atom. The molecule has 2 unspecified atom stereocenters. The molecule has 0 amide bonds. The lowest BCUT2D eigenvalue weighted by Gasteiger charge is -2.26. The maximum Gasteiger partial charge on any atom is 0.123 e. The highest BCUT2D eigenvalue weighted by atomic mass is 19.1. The number of nitrogens with two attached hydrogens (primary N) is 1. The third kappa shape index (κ3) is 21.4. The minimum atomic E-state index is -0.167. The van der Waals surface area contributed by atoms with Gasteiger partial charge in [-0.25, -0.2) is 4.39 Å². The second-order valence-electron chi connectivity index (χ2n) is 9.30. The highest BCUT2D eigenvalue weighted by molar-refractivity contribution is 5.16. The molecule has 0 radical (unpaired) electrons. The first-order valence-electron chi connectivity index (χ1n) is 14.0. The van der Waals surface area contributed by atoms with Crippen molar-refractivity contribution in [2.45, 2.75) is 98.7 Å². The molecule has 36 heavy (non-hydrogen) atoms. The van der Waals surface area contributed by atoms with Gasteiger partial charge in [-0.1, -0.05) is 79.0 Å². The summed E-state index contributed by atoms with van der Waals surface area (Å²) in [6.45, 7) is 21.3. The topological polar surface area (TPSA) is 59.5 Å². The number of nitriles is 1. The lowest BCUT2D eigenvalue weighted by molar-refractivity contribution is 0.221. The van der Waals surface area contributed by atoms with Gasteiger partial charge in [0.2, 0.25) is 0 Å². The number of likely N-dealkylation sites (tertiary alicyclic amines) is 1. The lowest BCUT2D eigenvalue weighted by atomic mass is 10.2. The van der Waals surface area contributed by atoms with Gasteiger partial charge in [0.15, 0.2) is 0 Å². The van der Waals surface area contributed by atoms with Crippen LogP contribution in [0.4, 0.5) is 4.39 Å². The molecular weight excluding hydrogens is 449 g/mol. The van der Waals surface area contributed by atoms with E-state index in [1.165, 1.54) is 49.8 Å². The molecule has 2 aliphatic rings. The van der Waals surface area contributed by atoms with Gasteiger partial charge in [-0.15, -0.1) is 0 Å². The molecule has 1 saturated carbocycles. The van der Waals surface area contributed by atoms with Crippen molar-refractivity contribution in [3.63, 3.8) is 0 Å². The van der Waals surface area contributed by atoms with E-state index in [-0.39, 0.29) is 11.9 Å². The summed E-state index contributed by atoms with van der Waals surface area (Å²) in [5, 5.41) is 8.25. The smallest absolute Gasteiger partial charge is 0.123 e. The quantitative estimate of drug-likeness (QED) is 0.380. The average molecular weight is 506 g/mol. The van der Waals surface area contributed by atoms with Crippen LogP contribution in [-0.4, -0.2) is 66.6 Å². The molecule has 1 aromatic carbocycles. The van der Waals surface area contributed by atoms with E-state index < -0.39 is 0 Å². The van der Waals surface area contributed by atoms with Crippen molar-refractivity contribution in [2.75, 3.05) is 39.8 Å². The Kier molecular flexibility index (Phi) is 24.9. The summed E-state index contributed by atoms with van der Waals surface area (Å²) in [7, 11) is 2.15. The minimum Gasteiger partial charge on any atom is -0.365 e. The number of hydrogen-bond acceptors (Lipinski definition) is 5. The van der Waals surface area contributed by atoms with Crippen molar-refractivity contribution in [3.05, 3.63) is 48.4 Å². The molecule has 2 atom stereocenters. The Labute approximate surface area is 223 Å². The van der Waals surface area contributed by atoms with E-state index >= 15 is 0 Å². The van der Waals surface area contributed by atoms with Crippen molar-refractivity contribution in [1.29, 1.82) is 5.26 Å². The van der Waals surface area contributed by atoms with Crippen LogP contribution in [0.1, 0.15) is 85.6 Å². The second kappa shape index (κ2) is 24.7. The molecule has 1 aromatic rings. The first kappa shape index (κ1) is 36.2. The maximum atomic E-state index is 12.9. The number of rotatable bonds is 9. The highest BCUT2D eigenvalue weighted by Crippen LogP contribution is 2.17. The monoisotopic (exact) mass is 505 g/mol. The van der Waals surface area contributed by atoms with Crippen LogP contribution >= 0.6 is 0 Å².